The minimum absolute atomic E-state index is 0.102. The normalized spacial score (nSPS) is 14.0. The number of piperidine rings is 1. The summed E-state index contributed by atoms with van der Waals surface area (Å²) in [5, 5.41) is 3.01. The minimum atomic E-state index is -0.516. The van der Waals surface area contributed by atoms with E-state index in [1.807, 2.05) is 0 Å². The molecule has 1 heterocycles. The molecule has 2 amide bonds. The molecular formula is C20H19ClN2O4. The molecule has 0 atom stereocenters. The summed E-state index contributed by atoms with van der Waals surface area (Å²) in [5.41, 5.74) is 1.81. The maximum absolute atomic E-state index is 12.5. The van der Waals surface area contributed by atoms with Crippen molar-refractivity contribution in [3.8, 4) is 0 Å². The van der Waals surface area contributed by atoms with Gasteiger partial charge in [-0.3, -0.25) is 9.59 Å². The van der Waals surface area contributed by atoms with Crippen LogP contribution in [0, 0.1) is 0 Å². The van der Waals surface area contributed by atoms with Crippen LogP contribution in [0.1, 0.15) is 40.0 Å². The van der Waals surface area contributed by atoms with Crippen LogP contribution in [-0.4, -0.2) is 31.4 Å². The lowest BCUT2D eigenvalue weighted by Crippen LogP contribution is -2.35. The highest BCUT2D eigenvalue weighted by atomic mass is 35.5. The molecule has 1 saturated heterocycles. The Morgan fingerprint density at radius 1 is 1.07 bits per heavy atom. The second-order valence-corrected chi connectivity index (χ2v) is 6.60. The zero-order valence-corrected chi connectivity index (χ0v) is 15.6. The average Bonchev–Trinajstić information content (AvgIpc) is 2.69. The molecule has 6 nitrogen and oxygen atoms in total. The molecule has 0 saturated carbocycles. The summed E-state index contributed by atoms with van der Waals surface area (Å²) in [6, 6.07) is 11.3. The maximum atomic E-state index is 12.5. The highest BCUT2D eigenvalue weighted by Gasteiger charge is 2.20. The van der Waals surface area contributed by atoms with Crippen molar-refractivity contribution >= 4 is 40.8 Å². The topological polar surface area (TPSA) is 75.7 Å². The molecule has 0 spiro atoms. The molecule has 2 aromatic rings. The molecule has 27 heavy (non-hydrogen) atoms. The first-order chi connectivity index (χ1) is 13.0. The van der Waals surface area contributed by atoms with Gasteiger partial charge in [0.2, 0.25) is 5.91 Å². The molecule has 0 bridgehead atoms. The molecule has 0 unspecified atom stereocenters. The summed E-state index contributed by atoms with van der Waals surface area (Å²) in [7, 11) is 1.28. The minimum Gasteiger partial charge on any atom is -0.465 e. The van der Waals surface area contributed by atoms with Gasteiger partial charge in [0.05, 0.1) is 23.4 Å². The van der Waals surface area contributed by atoms with Crippen LogP contribution in [0.2, 0.25) is 5.02 Å². The monoisotopic (exact) mass is 386 g/mol. The molecule has 1 fully saturated rings. The number of amides is 2. The van der Waals surface area contributed by atoms with E-state index in [-0.39, 0.29) is 17.4 Å². The van der Waals surface area contributed by atoms with Gasteiger partial charge in [-0.25, -0.2) is 4.79 Å². The van der Waals surface area contributed by atoms with Crippen LogP contribution in [-0.2, 0) is 9.53 Å². The highest BCUT2D eigenvalue weighted by Crippen LogP contribution is 2.25. The molecule has 0 aliphatic carbocycles. The Morgan fingerprint density at radius 2 is 1.78 bits per heavy atom. The van der Waals surface area contributed by atoms with Gasteiger partial charge >= 0.3 is 5.97 Å². The number of rotatable bonds is 4. The Bertz CT molecular complexity index is 880. The predicted octanol–water partition coefficient (Wildman–Crippen LogP) is 3.90. The van der Waals surface area contributed by atoms with Gasteiger partial charge in [0.25, 0.3) is 5.91 Å². The van der Waals surface area contributed by atoms with E-state index in [1.54, 1.807) is 29.2 Å². The molecular weight excluding hydrogens is 368 g/mol. The summed E-state index contributed by atoms with van der Waals surface area (Å²) < 4.78 is 4.67. The summed E-state index contributed by atoms with van der Waals surface area (Å²) in [6.07, 6.45) is 2.45. The fourth-order valence-corrected chi connectivity index (χ4v) is 3.10. The number of anilines is 2. The molecule has 140 valence electrons. The largest absolute Gasteiger partial charge is 0.465 e. The predicted molar refractivity (Wildman–Crippen MR) is 103 cm³/mol. The van der Waals surface area contributed by atoms with Crippen molar-refractivity contribution in [1.82, 2.24) is 0 Å². The van der Waals surface area contributed by atoms with Crippen molar-refractivity contribution in [2.75, 3.05) is 23.9 Å². The number of halogens is 1. The van der Waals surface area contributed by atoms with Gasteiger partial charge in [0, 0.05) is 24.2 Å². The second-order valence-electron chi connectivity index (χ2n) is 6.19. The van der Waals surface area contributed by atoms with Crippen LogP contribution in [0.25, 0.3) is 0 Å². The number of hydrogen-bond acceptors (Lipinski definition) is 4. The van der Waals surface area contributed by atoms with Gasteiger partial charge in [0.1, 0.15) is 0 Å². The van der Waals surface area contributed by atoms with E-state index in [1.165, 1.54) is 25.3 Å². The average molecular weight is 387 g/mol. The van der Waals surface area contributed by atoms with Gasteiger partial charge in [-0.2, -0.15) is 0 Å². The number of nitrogens with zero attached hydrogens (tertiary/aromatic N) is 1. The molecule has 7 heteroatoms. The van der Waals surface area contributed by atoms with Crippen molar-refractivity contribution in [2.45, 2.75) is 19.3 Å². The van der Waals surface area contributed by atoms with Gasteiger partial charge < -0.3 is 15.0 Å². The highest BCUT2D eigenvalue weighted by molar-refractivity contribution is 6.34. The number of methoxy groups -OCH3 is 1. The lowest BCUT2D eigenvalue weighted by Gasteiger charge is -2.26. The van der Waals surface area contributed by atoms with Crippen LogP contribution in [0.5, 0.6) is 0 Å². The SMILES string of the molecule is COC(=O)c1ccc(Cl)c(NC(=O)c2ccc(N3CCCCC3=O)cc2)c1. The molecule has 3 rings (SSSR count). The van der Waals surface area contributed by atoms with E-state index in [2.05, 4.69) is 10.1 Å². The molecule has 2 aromatic carbocycles. The van der Waals surface area contributed by atoms with Crippen molar-refractivity contribution in [3.63, 3.8) is 0 Å². The number of esters is 1. The second kappa shape index (κ2) is 8.22. The third-order valence-electron chi connectivity index (χ3n) is 4.40. The lowest BCUT2D eigenvalue weighted by molar-refractivity contribution is -0.119. The number of nitrogens with one attached hydrogen (secondary N) is 1. The first-order valence-electron chi connectivity index (χ1n) is 8.59. The number of ether oxygens (including phenoxy) is 1. The van der Waals surface area contributed by atoms with Crippen LogP contribution in [0.15, 0.2) is 42.5 Å². The van der Waals surface area contributed by atoms with Crippen LogP contribution >= 0.6 is 11.6 Å². The van der Waals surface area contributed by atoms with Gasteiger partial charge in [-0.05, 0) is 55.3 Å². The molecule has 1 aliphatic rings. The quantitative estimate of drug-likeness (QED) is 0.808. The van der Waals surface area contributed by atoms with Crippen LogP contribution in [0.4, 0.5) is 11.4 Å². The number of benzene rings is 2. The maximum Gasteiger partial charge on any atom is 0.337 e. The molecule has 1 aliphatic heterocycles. The zero-order valence-electron chi connectivity index (χ0n) is 14.8. The fraction of sp³-hybridized carbons (Fsp3) is 0.250. The summed E-state index contributed by atoms with van der Waals surface area (Å²) >= 11 is 6.11. The number of carbonyl (C=O) groups excluding carboxylic acids is 3. The molecule has 0 radical (unpaired) electrons. The first-order valence-corrected chi connectivity index (χ1v) is 8.97. The summed E-state index contributed by atoms with van der Waals surface area (Å²) in [4.78, 5) is 37.9. The number of hydrogen-bond donors (Lipinski definition) is 1. The van der Waals surface area contributed by atoms with Gasteiger partial charge in [-0.1, -0.05) is 11.6 Å². The van der Waals surface area contributed by atoms with E-state index in [4.69, 9.17) is 11.6 Å². The third kappa shape index (κ3) is 4.28. The van der Waals surface area contributed by atoms with E-state index < -0.39 is 5.97 Å². The molecule has 1 N–H and O–H groups in total. The van der Waals surface area contributed by atoms with E-state index in [0.717, 1.165) is 18.5 Å². The van der Waals surface area contributed by atoms with Crippen molar-refractivity contribution < 1.29 is 19.1 Å². The van der Waals surface area contributed by atoms with Crippen molar-refractivity contribution in [2.24, 2.45) is 0 Å². The Kier molecular flexibility index (Phi) is 5.76. The smallest absolute Gasteiger partial charge is 0.337 e. The first kappa shape index (κ1) is 18.9. The van der Waals surface area contributed by atoms with E-state index >= 15 is 0 Å². The fourth-order valence-electron chi connectivity index (χ4n) is 2.93. The van der Waals surface area contributed by atoms with E-state index in [9.17, 15) is 14.4 Å². The Hall–Kier alpha value is -2.86. The standard InChI is InChI=1S/C20H19ClN2O4/c1-27-20(26)14-7-10-16(21)17(12-14)22-19(25)13-5-8-15(9-6-13)23-11-3-2-4-18(23)24/h5-10,12H,2-4,11H2,1H3,(H,22,25). The van der Waals surface area contributed by atoms with Crippen LogP contribution < -0.4 is 10.2 Å². The van der Waals surface area contributed by atoms with Crippen LogP contribution in [0.3, 0.4) is 0 Å². The van der Waals surface area contributed by atoms with Crippen molar-refractivity contribution in [1.29, 1.82) is 0 Å². The van der Waals surface area contributed by atoms with Crippen molar-refractivity contribution in [3.05, 3.63) is 58.6 Å². The lowest BCUT2D eigenvalue weighted by atomic mass is 10.1. The van der Waals surface area contributed by atoms with Gasteiger partial charge in [0.15, 0.2) is 0 Å². The van der Waals surface area contributed by atoms with Gasteiger partial charge in [-0.15, -0.1) is 0 Å². The van der Waals surface area contributed by atoms with E-state index in [0.29, 0.717) is 29.2 Å². The Labute approximate surface area is 162 Å². The zero-order chi connectivity index (χ0) is 19.4. The summed E-state index contributed by atoms with van der Waals surface area (Å²) in [6.45, 7) is 0.695. The Morgan fingerprint density at radius 3 is 2.44 bits per heavy atom. The Balaban J connectivity index is 1.75. The number of carbonyl (C=O) groups is 3. The molecule has 0 aromatic heterocycles. The third-order valence-corrected chi connectivity index (χ3v) is 4.73. The summed E-state index contributed by atoms with van der Waals surface area (Å²) in [5.74, 6) is -0.780.